The van der Waals surface area contributed by atoms with E-state index in [2.05, 4.69) is 15.3 Å². The van der Waals surface area contributed by atoms with E-state index in [1.165, 1.54) is 12.1 Å². The number of benzene rings is 1. The zero-order chi connectivity index (χ0) is 9.80. The van der Waals surface area contributed by atoms with Crippen LogP contribution in [0.5, 0.6) is 0 Å². The molecule has 2 aromatic rings. The van der Waals surface area contributed by atoms with Crippen LogP contribution in [0.1, 0.15) is 0 Å². The second kappa shape index (κ2) is 3.83. The van der Waals surface area contributed by atoms with Gasteiger partial charge >= 0.3 is 0 Å². The molecular weight excluding hydrogens is 181 g/mol. The summed E-state index contributed by atoms with van der Waals surface area (Å²) in [4.78, 5) is 7.93. The molecule has 4 heteroatoms. The largest absolute Gasteiger partial charge is 0.339 e. The average molecular weight is 189 g/mol. The minimum Gasteiger partial charge on any atom is -0.339 e. The first kappa shape index (κ1) is 8.62. The Morgan fingerprint density at radius 3 is 2.50 bits per heavy atom. The summed E-state index contributed by atoms with van der Waals surface area (Å²) >= 11 is 0. The lowest BCUT2D eigenvalue weighted by atomic mass is 10.3. The first-order valence-corrected chi connectivity index (χ1v) is 4.13. The van der Waals surface area contributed by atoms with Crippen molar-refractivity contribution < 1.29 is 4.39 Å². The Bertz CT molecular complexity index is 399. The van der Waals surface area contributed by atoms with E-state index in [1.807, 2.05) is 0 Å². The molecule has 2 rings (SSSR count). The lowest BCUT2D eigenvalue weighted by molar-refractivity contribution is 0.628. The molecule has 0 bridgehead atoms. The normalized spacial score (nSPS) is 9.79. The summed E-state index contributed by atoms with van der Waals surface area (Å²) in [6.07, 6.45) is 4.78. The maximum Gasteiger partial charge on any atom is 0.148 e. The summed E-state index contributed by atoms with van der Waals surface area (Å²) in [6.45, 7) is 0. The number of aromatic nitrogens is 2. The molecule has 0 saturated heterocycles. The highest BCUT2D eigenvalue weighted by Crippen LogP contribution is 2.12. The first-order chi connectivity index (χ1) is 6.84. The van der Waals surface area contributed by atoms with Crippen LogP contribution < -0.4 is 5.32 Å². The van der Waals surface area contributed by atoms with Gasteiger partial charge in [-0.2, -0.15) is 0 Å². The van der Waals surface area contributed by atoms with Crippen LogP contribution in [-0.4, -0.2) is 9.97 Å². The van der Waals surface area contributed by atoms with E-state index in [0.717, 1.165) is 5.69 Å². The van der Waals surface area contributed by atoms with Crippen LogP contribution in [0.4, 0.5) is 15.9 Å². The molecule has 1 aromatic heterocycles. The standard InChI is InChI=1S/C10H8FN3/c11-8-1-3-9(4-2-8)14-10-7-12-5-6-13-10/h1-7H,(H,13,14). The Kier molecular flexibility index (Phi) is 2.36. The van der Waals surface area contributed by atoms with E-state index in [1.54, 1.807) is 30.7 Å². The number of nitrogens with zero attached hydrogens (tertiary/aromatic N) is 2. The number of rotatable bonds is 2. The van der Waals surface area contributed by atoms with E-state index in [-0.39, 0.29) is 5.82 Å². The second-order valence-corrected chi connectivity index (χ2v) is 2.72. The van der Waals surface area contributed by atoms with Gasteiger partial charge in [0.2, 0.25) is 0 Å². The minimum atomic E-state index is -0.255. The van der Waals surface area contributed by atoms with Crippen molar-refractivity contribution in [1.82, 2.24) is 9.97 Å². The number of nitrogens with one attached hydrogen (secondary N) is 1. The zero-order valence-corrected chi connectivity index (χ0v) is 7.31. The quantitative estimate of drug-likeness (QED) is 0.788. The number of hydrogen-bond acceptors (Lipinski definition) is 3. The second-order valence-electron chi connectivity index (χ2n) is 2.72. The lowest BCUT2D eigenvalue weighted by Crippen LogP contribution is -1.93. The molecule has 1 N–H and O–H groups in total. The van der Waals surface area contributed by atoms with Gasteiger partial charge in [-0.15, -0.1) is 0 Å². The fourth-order valence-corrected chi connectivity index (χ4v) is 1.04. The summed E-state index contributed by atoms with van der Waals surface area (Å²) in [5.41, 5.74) is 0.784. The molecule has 0 aliphatic carbocycles. The van der Waals surface area contributed by atoms with Gasteiger partial charge in [-0.3, -0.25) is 4.98 Å². The van der Waals surface area contributed by atoms with Crippen molar-refractivity contribution in [3.8, 4) is 0 Å². The topological polar surface area (TPSA) is 37.8 Å². The van der Waals surface area contributed by atoms with Crippen LogP contribution in [0.25, 0.3) is 0 Å². The Hall–Kier alpha value is -1.97. The predicted octanol–water partition coefficient (Wildman–Crippen LogP) is 2.36. The molecule has 0 spiro atoms. The van der Waals surface area contributed by atoms with Gasteiger partial charge in [0.1, 0.15) is 11.6 Å². The van der Waals surface area contributed by atoms with E-state index in [9.17, 15) is 4.39 Å². The third-order valence-corrected chi connectivity index (χ3v) is 1.68. The molecule has 1 aromatic carbocycles. The van der Waals surface area contributed by atoms with Crippen molar-refractivity contribution in [2.45, 2.75) is 0 Å². The van der Waals surface area contributed by atoms with Gasteiger partial charge < -0.3 is 5.32 Å². The molecule has 0 saturated carbocycles. The summed E-state index contributed by atoms with van der Waals surface area (Å²) in [5.74, 6) is 0.383. The van der Waals surface area contributed by atoms with E-state index < -0.39 is 0 Å². The van der Waals surface area contributed by atoms with Gasteiger partial charge in [0.25, 0.3) is 0 Å². The van der Waals surface area contributed by atoms with Crippen molar-refractivity contribution in [3.05, 3.63) is 48.7 Å². The monoisotopic (exact) mass is 189 g/mol. The molecule has 0 amide bonds. The Labute approximate surface area is 80.6 Å². The van der Waals surface area contributed by atoms with Crippen molar-refractivity contribution in [2.24, 2.45) is 0 Å². The number of halogens is 1. The Balaban J connectivity index is 2.16. The highest BCUT2D eigenvalue weighted by Gasteiger charge is 1.94. The molecule has 0 atom stereocenters. The van der Waals surface area contributed by atoms with Crippen molar-refractivity contribution in [1.29, 1.82) is 0 Å². The molecule has 1 heterocycles. The maximum atomic E-state index is 12.6. The number of anilines is 2. The van der Waals surface area contributed by atoms with Crippen molar-refractivity contribution in [3.63, 3.8) is 0 Å². The highest BCUT2D eigenvalue weighted by molar-refractivity contribution is 5.54. The van der Waals surface area contributed by atoms with Crippen LogP contribution in [0.2, 0.25) is 0 Å². The van der Waals surface area contributed by atoms with E-state index in [0.29, 0.717) is 5.82 Å². The molecule has 0 radical (unpaired) electrons. The van der Waals surface area contributed by atoms with Crippen molar-refractivity contribution >= 4 is 11.5 Å². The van der Waals surface area contributed by atoms with Gasteiger partial charge in [0, 0.05) is 18.1 Å². The smallest absolute Gasteiger partial charge is 0.148 e. The van der Waals surface area contributed by atoms with E-state index >= 15 is 0 Å². The molecule has 3 nitrogen and oxygen atoms in total. The Morgan fingerprint density at radius 2 is 1.86 bits per heavy atom. The molecule has 0 aliphatic heterocycles. The van der Waals surface area contributed by atoms with Gasteiger partial charge in [-0.25, -0.2) is 9.37 Å². The van der Waals surface area contributed by atoms with Crippen LogP contribution in [0.15, 0.2) is 42.9 Å². The van der Waals surface area contributed by atoms with Crippen LogP contribution in [0, 0.1) is 5.82 Å². The molecular formula is C10H8FN3. The molecule has 70 valence electrons. The van der Waals surface area contributed by atoms with E-state index in [4.69, 9.17) is 0 Å². The third-order valence-electron chi connectivity index (χ3n) is 1.68. The molecule has 0 fully saturated rings. The van der Waals surface area contributed by atoms with Gasteiger partial charge in [0.05, 0.1) is 6.20 Å². The van der Waals surface area contributed by atoms with Crippen molar-refractivity contribution in [2.75, 3.05) is 5.32 Å². The maximum absolute atomic E-state index is 12.6. The number of hydrogen-bond donors (Lipinski definition) is 1. The first-order valence-electron chi connectivity index (χ1n) is 4.13. The lowest BCUT2D eigenvalue weighted by Gasteiger charge is -2.03. The fraction of sp³-hybridized carbons (Fsp3) is 0. The average Bonchev–Trinajstić information content (AvgIpc) is 2.23. The summed E-state index contributed by atoms with van der Waals surface area (Å²) in [5, 5.41) is 2.99. The highest BCUT2D eigenvalue weighted by atomic mass is 19.1. The van der Waals surface area contributed by atoms with Crippen LogP contribution in [-0.2, 0) is 0 Å². The zero-order valence-electron chi connectivity index (χ0n) is 7.31. The third kappa shape index (κ3) is 2.04. The molecule has 14 heavy (non-hydrogen) atoms. The molecule has 0 unspecified atom stereocenters. The molecule has 0 aliphatic rings. The summed E-state index contributed by atoms with van der Waals surface area (Å²) < 4.78 is 12.6. The van der Waals surface area contributed by atoms with Crippen LogP contribution in [0.3, 0.4) is 0 Å². The van der Waals surface area contributed by atoms with Gasteiger partial charge in [-0.1, -0.05) is 0 Å². The predicted molar refractivity (Wildman–Crippen MR) is 51.7 cm³/mol. The fourth-order valence-electron chi connectivity index (χ4n) is 1.04. The van der Waals surface area contributed by atoms with Gasteiger partial charge in [-0.05, 0) is 24.3 Å². The minimum absolute atomic E-state index is 0.255. The van der Waals surface area contributed by atoms with Crippen LogP contribution >= 0.6 is 0 Å². The summed E-state index contributed by atoms with van der Waals surface area (Å²) in [7, 11) is 0. The Morgan fingerprint density at radius 1 is 1.07 bits per heavy atom. The summed E-state index contributed by atoms with van der Waals surface area (Å²) in [6, 6.07) is 6.06. The SMILES string of the molecule is Fc1ccc(Nc2cnccn2)cc1. The van der Waals surface area contributed by atoms with Gasteiger partial charge in [0.15, 0.2) is 0 Å².